The minimum atomic E-state index is -0.0509. The molecule has 2 aromatic heterocycles. The van der Waals surface area contributed by atoms with Crippen molar-refractivity contribution in [3.63, 3.8) is 0 Å². The van der Waals surface area contributed by atoms with Crippen molar-refractivity contribution in [2.45, 2.75) is 13.0 Å². The normalized spacial score (nSPS) is 13.1. The molecule has 0 bridgehead atoms. The molecule has 0 spiro atoms. The SMILES string of the molecule is CC(N)c1cnc(-c2occc2Br)[nH]1. The van der Waals surface area contributed by atoms with Gasteiger partial charge in [-0.25, -0.2) is 4.98 Å². The zero-order valence-electron chi connectivity index (χ0n) is 7.62. The fourth-order valence-corrected chi connectivity index (χ4v) is 1.53. The molecule has 0 radical (unpaired) electrons. The van der Waals surface area contributed by atoms with Crippen LogP contribution in [-0.2, 0) is 0 Å². The topological polar surface area (TPSA) is 67.8 Å². The number of rotatable bonds is 2. The van der Waals surface area contributed by atoms with E-state index in [0.717, 1.165) is 10.2 Å². The average molecular weight is 256 g/mol. The van der Waals surface area contributed by atoms with E-state index in [1.165, 1.54) is 0 Å². The Hall–Kier alpha value is -1.07. The van der Waals surface area contributed by atoms with Crippen LogP contribution >= 0.6 is 15.9 Å². The van der Waals surface area contributed by atoms with E-state index in [1.807, 2.05) is 13.0 Å². The van der Waals surface area contributed by atoms with Gasteiger partial charge in [0.2, 0.25) is 0 Å². The summed E-state index contributed by atoms with van der Waals surface area (Å²) in [7, 11) is 0. The molecule has 0 saturated carbocycles. The van der Waals surface area contributed by atoms with Gasteiger partial charge < -0.3 is 15.1 Å². The van der Waals surface area contributed by atoms with Crippen LogP contribution in [0.3, 0.4) is 0 Å². The van der Waals surface area contributed by atoms with Gasteiger partial charge in [0.1, 0.15) is 0 Å². The number of H-pyrrole nitrogens is 1. The maximum absolute atomic E-state index is 5.70. The van der Waals surface area contributed by atoms with E-state index >= 15 is 0 Å². The van der Waals surface area contributed by atoms with Crippen molar-refractivity contribution in [2.24, 2.45) is 5.73 Å². The highest BCUT2D eigenvalue weighted by Crippen LogP contribution is 2.27. The predicted octanol–water partition coefficient (Wildman–Crippen LogP) is 2.45. The van der Waals surface area contributed by atoms with Crippen molar-refractivity contribution in [3.8, 4) is 11.6 Å². The third-order valence-corrected chi connectivity index (χ3v) is 2.54. The van der Waals surface area contributed by atoms with Gasteiger partial charge >= 0.3 is 0 Å². The molecule has 0 aliphatic carbocycles. The Balaban J connectivity index is 2.39. The molecule has 2 rings (SSSR count). The molecule has 2 aromatic rings. The van der Waals surface area contributed by atoms with E-state index in [0.29, 0.717) is 11.6 Å². The summed E-state index contributed by atoms with van der Waals surface area (Å²) in [6, 6.07) is 1.77. The lowest BCUT2D eigenvalue weighted by molar-refractivity contribution is 0.576. The van der Waals surface area contributed by atoms with Crippen molar-refractivity contribution >= 4 is 15.9 Å². The molecule has 74 valence electrons. The molecule has 0 aliphatic heterocycles. The zero-order valence-corrected chi connectivity index (χ0v) is 9.21. The van der Waals surface area contributed by atoms with Crippen molar-refractivity contribution in [1.82, 2.24) is 9.97 Å². The van der Waals surface area contributed by atoms with Gasteiger partial charge in [0.25, 0.3) is 0 Å². The van der Waals surface area contributed by atoms with Gasteiger partial charge in [-0.1, -0.05) is 0 Å². The molecule has 0 aliphatic rings. The van der Waals surface area contributed by atoms with Crippen molar-refractivity contribution in [3.05, 3.63) is 28.7 Å². The molecule has 0 amide bonds. The smallest absolute Gasteiger partial charge is 0.183 e. The van der Waals surface area contributed by atoms with Crippen LogP contribution in [-0.4, -0.2) is 9.97 Å². The number of hydrogen-bond donors (Lipinski definition) is 2. The molecule has 0 aromatic carbocycles. The third kappa shape index (κ3) is 1.60. The lowest BCUT2D eigenvalue weighted by atomic mass is 10.3. The van der Waals surface area contributed by atoms with Crippen molar-refractivity contribution < 1.29 is 4.42 Å². The molecule has 4 nitrogen and oxygen atoms in total. The van der Waals surface area contributed by atoms with E-state index in [9.17, 15) is 0 Å². The summed E-state index contributed by atoms with van der Waals surface area (Å²) < 4.78 is 6.14. The van der Waals surface area contributed by atoms with Crippen LogP contribution in [0.4, 0.5) is 0 Å². The van der Waals surface area contributed by atoms with Crippen LogP contribution in [0.5, 0.6) is 0 Å². The fraction of sp³-hybridized carbons (Fsp3) is 0.222. The number of hydrogen-bond acceptors (Lipinski definition) is 3. The number of aromatic amines is 1. The molecule has 14 heavy (non-hydrogen) atoms. The Kier molecular flexibility index (Phi) is 2.43. The van der Waals surface area contributed by atoms with Gasteiger partial charge in [0.15, 0.2) is 11.6 Å². The highest BCUT2D eigenvalue weighted by Gasteiger charge is 2.11. The molecule has 1 unspecified atom stereocenters. The van der Waals surface area contributed by atoms with Crippen LogP contribution < -0.4 is 5.73 Å². The Labute approximate surface area is 89.6 Å². The number of nitrogens with zero attached hydrogens (tertiary/aromatic N) is 1. The summed E-state index contributed by atoms with van der Waals surface area (Å²) >= 11 is 3.36. The van der Waals surface area contributed by atoms with E-state index in [4.69, 9.17) is 10.2 Å². The van der Waals surface area contributed by atoms with Gasteiger partial charge in [-0.3, -0.25) is 0 Å². The molecular formula is C9H10BrN3O. The zero-order chi connectivity index (χ0) is 10.1. The quantitative estimate of drug-likeness (QED) is 0.867. The molecule has 3 N–H and O–H groups in total. The molecule has 0 fully saturated rings. The van der Waals surface area contributed by atoms with E-state index in [-0.39, 0.29) is 6.04 Å². The monoisotopic (exact) mass is 255 g/mol. The van der Waals surface area contributed by atoms with Gasteiger partial charge in [-0.15, -0.1) is 0 Å². The Morgan fingerprint density at radius 1 is 1.64 bits per heavy atom. The fourth-order valence-electron chi connectivity index (χ4n) is 1.14. The molecule has 1 atom stereocenters. The highest BCUT2D eigenvalue weighted by atomic mass is 79.9. The van der Waals surface area contributed by atoms with Gasteiger partial charge in [0.05, 0.1) is 22.6 Å². The van der Waals surface area contributed by atoms with Crippen LogP contribution in [0.25, 0.3) is 11.6 Å². The second-order valence-corrected chi connectivity index (χ2v) is 3.93. The van der Waals surface area contributed by atoms with E-state index < -0.39 is 0 Å². The van der Waals surface area contributed by atoms with Crippen LogP contribution in [0.15, 0.2) is 27.4 Å². The number of imidazole rings is 1. The van der Waals surface area contributed by atoms with Crippen LogP contribution in [0.1, 0.15) is 18.7 Å². The number of furan rings is 1. The molecule has 5 heteroatoms. The number of nitrogens with two attached hydrogens (primary N) is 1. The first-order valence-electron chi connectivity index (χ1n) is 4.22. The first kappa shape index (κ1) is 9.48. The summed E-state index contributed by atoms with van der Waals surface area (Å²) in [5, 5.41) is 0. The maximum Gasteiger partial charge on any atom is 0.183 e. The lowest BCUT2D eigenvalue weighted by Crippen LogP contribution is -2.04. The van der Waals surface area contributed by atoms with Gasteiger partial charge in [-0.2, -0.15) is 0 Å². The van der Waals surface area contributed by atoms with Crippen LogP contribution in [0.2, 0.25) is 0 Å². The summed E-state index contributed by atoms with van der Waals surface area (Å²) in [4.78, 5) is 7.28. The Morgan fingerprint density at radius 3 is 2.93 bits per heavy atom. The van der Waals surface area contributed by atoms with Crippen LogP contribution in [0, 0.1) is 0 Å². The van der Waals surface area contributed by atoms with E-state index in [1.54, 1.807) is 12.5 Å². The van der Waals surface area contributed by atoms with E-state index in [2.05, 4.69) is 25.9 Å². The van der Waals surface area contributed by atoms with Crippen molar-refractivity contribution in [1.29, 1.82) is 0 Å². The number of aromatic nitrogens is 2. The second kappa shape index (κ2) is 3.59. The van der Waals surface area contributed by atoms with Gasteiger partial charge in [-0.05, 0) is 28.9 Å². The largest absolute Gasteiger partial charge is 0.460 e. The Morgan fingerprint density at radius 2 is 2.43 bits per heavy atom. The number of nitrogens with one attached hydrogen (secondary N) is 1. The van der Waals surface area contributed by atoms with Gasteiger partial charge in [0, 0.05) is 6.04 Å². The third-order valence-electron chi connectivity index (χ3n) is 1.92. The minimum Gasteiger partial charge on any atom is -0.460 e. The summed E-state index contributed by atoms with van der Waals surface area (Å²) in [6.45, 7) is 1.90. The summed E-state index contributed by atoms with van der Waals surface area (Å²) in [6.07, 6.45) is 3.32. The first-order valence-corrected chi connectivity index (χ1v) is 5.01. The molecule has 2 heterocycles. The number of halogens is 1. The first-order chi connectivity index (χ1) is 6.68. The summed E-state index contributed by atoms with van der Waals surface area (Å²) in [5.74, 6) is 1.38. The van der Waals surface area contributed by atoms with Crippen molar-refractivity contribution in [2.75, 3.05) is 0 Å². The predicted molar refractivity (Wildman–Crippen MR) is 56.6 cm³/mol. The molecule has 0 saturated heterocycles. The standard InChI is InChI=1S/C9H10BrN3O/c1-5(11)7-4-12-9(13-7)8-6(10)2-3-14-8/h2-5H,11H2,1H3,(H,12,13). The lowest BCUT2D eigenvalue weighted by Gasteiger charge is -1.98. The minimum absolute atomic E-state index is 0.0509. The second-order valence-electron chi connectivity index (χ2n) is 3.07. The highest BCUT2D eigenvalue weighted by molar-refractivity contribution is 9.10. The summed E-state index contributed by atoms with van der Waals surface area (Å²) in [5.41, 5.74) is 6.60. The Bertz CT molecular complexity index is 433. The maximum atomic E-state index is 5.70. The average Bonchev–Trinajstić information content (AvgIpc) is 2.71. The molecular weight excluding hydrogens is 246 g/mol.